The van der Waals surface area contributed by atoms with E-state index in [1.54, 1.807) is 36.5 Å². The van der Waals surface area contributed by atoms with Gasteiger partial charge in [-0.05, 0) is 69.1 Å². The molecule has 1 aromatic heterocycles. The SMILES string of the molecule is C=CCC1(N(Cc2cccc3c2ccn3S(=O)(=O)c2ccc(C)cc2)C(=O)C=C)CCN(C)CC1. The van der Waals surface area contributed by atoms with Gasteiger partial charge < -0.3 is 9.80 Å². The maximum absolute atomic E-state index is 13.4. The fourth-order valence-corrected chi connectivity index (χ4v) is 6.37. The van der Waals surface area contributed by atoms with Crippen LogP contribution >= 0.6 is 0 Å². The minimum atomic E-state index is -3.75. The van der Waals surface area contributed by atoms with Crippen molar-refractivity contribution in [2.75, 3.05) is 20.1 Å². The van der Waals surface area contributed by atoms with Crippen molar-refractivity contribution in [3.63, 3.8) is 0 Å². The minimum Gasteiger partial charge on any atom is -0.329 e. The standard InChI is InChI=1S/C28H33N3O3S/c1-5-15-28(16-19-29(4)20-17-28)30(27(32)6-2)21-23-8-7-9-26-25(23)14-18-31(26)35(33,34)24-12-10-22(3)11-13-24/h5-14,18H,1-2,15-17,19-21H2,3-4H3. The zero-order chi connectivity index (χ0) is 25.2. The molecule has 0 bridgehead atoms. The number of piperidine rings is 1. The molecule has 6 nitrogen and oxygen atoms in total. The van der Waals surface area contributed by atoms with E-state index in [1.165, 1.54) is 10.0 Å². The summed E-state index contributed by atoms with van der Waals surface area (Å²) in [6, 6.07) is 14.3. The van der Waals surface area contributed by atoms with Crippen molar-refractivity contribution < 1.29 is 13.2 Å². The summed E-state index contributed by atoms with van der Waals surface area (Å²) >= 11 is 0. The summed E-state index contributed by atoms with van der Waals surface area (Å²) < 4.78 is 28.1. The van der Waals surface area contributed by atoms with Gasteiger partial charge in [0.1, 0.15) is 0 Å². The Morgan fingerprint density at radius 3 is 2.40 bits per heavy atom. The van der Waals surface area contributed by atoms with Crippen LogP contribution in [0.1, 0.15) is 30.4 Å². The molecule has 0 saturated carbocycles. The van der Waals surface area contributed by atoms with E-state index in [-0.39, 0.29) is 16.3 Å². The first-order valence-electron chi connectivity index (χ1n) is 11.9. The molecular weight excluding hydrogens is 458 g/mol. The number of aromatic nitrogens is 1. The molecule has 1 saturated heterocycles. The van der Waals surface area contributed by atoms with E-state index in [2.05, 4.69) is 25.1 Å². The number of likely N-dealkylation sites (tertiary alicyclic amines) is 1. The summed E-state index contributed by atoms with van der Waals surface area (Å²) in [4.78, 5) is 17.6. The Hall–Kier alpha value is -3.16. The molecule has 184 valence electrons. The van der Waals surface area contributed by atoms with Crippen molar-refractivity contribution in [1.82, 2.24) is 13.8 Å². The number of carbonyl (C=O) groups excluding carboxylic acids is 1. The third-order valence-electron chi connectivity index (χ3n) is 7.15. The molecule has 7 heteroatoms. The Morgan fingerprint density at radius 1 is 1.09 bits per heavy atom. The van der Waals surface area contributed by atoms with Gasteiger partial charge in [0.2, 0.25) is 5.91 Å². The highest BCUT2D eigenvalue weighted by atomic mass is 32.2. The second kappa shape index (κ2) is 9.84. The van der Waals surface area contributed by atoms with Crippen LogP contribution in [-0.4, -0.2) is 53.8 Å². The topological polar surface area (TPSA) is 62.6 Å². The first-order valence-corrected chi connectivity index (χ1v) is 13.3. The molecule has 0 spiro atoms. The summed E-state index contributed by atoms with van der Waals surface area (Å²) in [5.74, 6) is -0.125. The number of fused-ring (bicyclic) bond motifs is 1. The lowest BCUT2D eigenvalue weighted by molar-refractivity contribution is -0.135. The molecule has 1 fully saturated rings. The lowest BCUT2D eigenvalue weighted by Gasteiger charge is -2.48. The Morgan fingerprint density at radius 2 is 1.77 bits per heavy atom. The third-order valence-corrected chi connectivity index (χ3v) is 8.85. The number of rotatable bonds is 8. The van der Waals surface area contributed by atoms with Crippen LogP contribution in [0.25, 0.3) is 10.9 Å². The molecule has 0 atom stereocenters. The highest BCUT2D eigenvalue weighted by Crippen LogP contribution is 2.35. The number of aryl methyl sites for hydroxylation is 1. The van der Waals surface area contributed by atoms with Gasteiger partial charge in [0.15, 0.2) is 0 Å². The maximum atomic E-state index is 13.4. The quantitative estimate of drug-likeness (QED) is 0.337. The number of hydrogen-bond acceptors (Lipinski definition) is 4. The van der Waals surface area contributed by atoms with Crippen molar-refractivity contribution in [2.24, 2.45) is 0 Å². The molecule has 1 aliphatic heterocycles. The van der Waals surface area contributed by atoms with E-state index in [0.29, 0.717) is 18.5 Å². The zero-order valence-electron chi connectivity index (χ0n) is 20.5. The van der Waals surface area contributed by atoms with Crippen LogP contribution in [0.3, 0.4) is 0 Å². The fraction of sp³-hybridized carbons (Fsp3) is 0.321. The number of benzene rings is 2. The van der Waals surface area contributed by atoms with Gasteiger partial charge in [0.25, 0.3) is 10.0 Å². The molecule has 2 aromatic carbocycles. The monoisotopic (exact) mass is 491 g/mol. The molecular formula is C28H33N3O3S. The molecule has 3 aromatic rings. The summed E-state index contributed by atoms with van der Waals surface area (Å²) in [6.07, 6.45) is 7.23. The van der Waals surface area contributed by atoms with Gasteiger partial charge in [-0.1, -0.05) is 42.5 Å². The van der Waals surface area contributed by atoms with E-state index < -0.39 is 10.0 Å². The first-order chi connectivity index (χ1) is 16.7. The average molecular weight is 492 g/mol. The summed E-state index contributed by atoms with van der Waals surface area (Å²) in [5.41, 5.74) is 2.14. The third kappa shape index (κ3) is 4.70. The van der Waals surface area contributed by atoms with Crippen molar-refractivity contribution in [1.29, 1.82) is 0 Å². The Labute approximate surface area is 208 Å². The van der Waals surface area contributed by atoms with Gasteiger partial charge >= 0.3 is 0 Å². The molecule has 0 N–H and O–H groups in total. The molecule has 4 rings (SSSR count). The van der Waals surface area contributed by atoms with E-state index in [1.807, 2.05) is 36.1 Å². The van der Waals surface area contributed by atoms with Crippen molar-refractivity contribution in [2.45, 2.75) is 43.2 Å². The van der Waals surface area contributed by atoms with Crippen LogP contribution in [0, 0.1) is 6.92 Å². The van der Waals surface area contributed by atoms with Crippen LogP contribution in [0.15, 0.2) is 84.9 Å². The molecule has 1 amide bonds. The molecule has 1 aliphatic rings. The van der Waals surface area contributed by atoms with E-state index in [9.17, 15) is 13.2 Å². The van der Waals surface area contributed by atoms with Gasteiger partial charge in [-0.25, -0.2) is 12.4 Å². The zero-order valence-corrected chi connectivity index (χ0v) is 21.3. The van der Waals surface area contributed by atoms with Crippen LogP contribution in [0.2, 0.25) is 0 Å². The predicted octanol–water partition coefficient (Wildman–Crippen LogP) is 4.74. The number of amides is 1. The van der Waals surface area contributed by atoms with Gasteiger partial charge in [0, 0.05) is 36.8 Å². The van der Waals surface area contributed by atoms with Crippen LogP contribution in [0.4, 0.5) is 0 Å². The van der Waals surface area contributed by atoms with E-state index in [4.69, 9.17) is 0 Å². The molecule has 0 radical (unpaired) electrons. The maximum Gasteiger partial charge on any atom is 0.268 e. The summed E-state index contributed by atoms with van der Waals surface area (Å²) in [5, 5.41) is 0.812. The number of hydrogen-bond donors (Lipinski definition) is 0. The van der Waals surface area contributed by atoms with Crippen LogP contribution in [-0.2, 0) is 21.4 Å². The smallest absolute Gasteiger partial charge is 0.268 e. The molecule has 0 aliphatic carbocycles. The largest absolute Gasteiger partial charge is 0.329 e. The Kier molecular flexibility index (Phi) is 7.01. The average Bonchev–Trinajstić information content (AvgIpc) is 3.30. The van der Waals surface area contributed by atoms with Gasteiger partial charge in [-0.2, -0.15) is 0 Å². The fourth-order valence-electron chi connectivity index (χ4n) is 5.03. The second-order valence-corrected chi connectivity index (χ2v) is 11.2. The second-order valence-electron chi connectivity index (χ2n) is 9.43. The molecule has 35 heavy (non-hydrogen) atoms. The van der Waals surface area contributed by atoms with Crippen molar-refractivity contribution >= 4 is 26.8 Å². The Balaban J connectivity index is 1.76. The van der Waals surface area contributed by atoms with Gasteiger partial charge in [0.05, 0.1) is 10.4 Å². The number of nitrogens with zero attached hydrogens (tertiary/aromatic N) is 3. The van der Waals surface area contributed by atoms with E-state index in [0.717, 1.165) is 42.4 Å². The van der Waals surface area contributed by atoms with Gasteiger partial charge in [-0.3, -0.25) is 4.79 Å². The molecule has 2 heterocycles. The lowest BCUT2D eigenvalue weighted by Crippen LogP contribution is -2.56. The number of carbonyl (C=O) groups is 1. The minimum absolute atomic E-state index is 0.125. The normalized spacial score (nSPS) is 16.2. The van der Waals surface area contributed by atoms with Crippen molar-refractivity contribution in [3.05, 3.63) is 91.2 Å². The predicted molar refractivity (Wildman–Crippen MR) is 141 cm³/mol. The van der Waals surface area contributed by atoms with Gasteiger partial charge in [-0.15, -0.1) is 6.58 Å². The first kappa shape index (κ1) is 24.9. The van der Waals surface area contributed by atoms with Crippen LogP contribution < -0.4 is 0 Å². The van der Waals surface area contributed by atoms with E-state index >= 15 is 0 Å². The van der Waals surface area contributed by atoms with Crippen molar-refractivity contribution in [3.8, 4) is 0 Å². The summed E-state index contributed by atoms with van der Waals surface area (Å²) in [7, 11) is -1.66. The summed E-state index contributed by atoms with van der Waals surface area (Å²) in [6.45, 7) is 11.8. The molecule has 0 unspecified atom stereocenters. The van der Waals surface area contributed by atoms with Crippen LogP contribution in [0.5, 0.6) is 0 Å². The lowest BCUT2D eigenvalue weighted by atomic mass is 9.82. The highest BCUT2D eigenvalue weighted by Gasteiger charge is 2.40. The Bertz CT molecular complexity index is 1350. The highest BCUT2D eigenvalue weighted by molar-refractivity contribution is 7.90.